The van der Waals surface area contributed by atoms with Crippen molar-refractivity contribution >= 4 is 16.1 Å². The minimum Gasteiger partial charge on any atom is -0.457 e. The summed E-state index contributed by atoms with van der Waals surface area (Å²) in [6.07, 6.45) is 1.90. The van der Waals surface area contributed by atoms with Gasteiger partial charge in [0.25, 0.3) is 0 Å². The van der Waals surface area contributed by atoms with Gasteiger partial charge in [-0.3, -0.25) is 4.79 Å². The van der Waals surface area contributed by atoms with Crippen LogP contribution in [0, 0.1) is 6.92 Å². The SMILES string of the molecule is Cc1ccc(C=O)cc1Oc1ccc(S(C)(=O)=O)cc1. The van der Waals surface area contributed by atoms with Gasteiger partial charge in [0.2, 0.25) is 0 Å². The van der Waals surface area contributed by atoms with E-state index in [1.807, 2.05) is 6.92 Å². The maximum absolute atomic E-state index is 11.4. The number of benzene rings is 2. The van der Waals surface area contributed by atoms with Crippen LogP contribution in [0.25, 0.3) is 0 Å². The third-order valence-corrected chi connectivity index (χ3v) is 3.96. The average molecular weight is 290 g/mol. The van der Waals surface area contributed by atoms with E-state index in [2.05, 4.69) is 0 Å². The van der Waals surface area contributed by atoms with E-state index in [4.69, 9.17) is 4.74 Å². The lowest BCUT2D eigenvalue weighted by molar-refractivity contribution is 0.112. The molecule has 0 amide bonds. The van der Waals surface area contributed by atoms with Crippen LogP contribution in [0.15, 0.2) is 47.4 Å². The molecule has 0 fully saturated rings. The second kappa shape index (κ2) is 5.46. The van der Waals surface area contributed by atoms with E-state index in [-0.39, 0.29) is 4.90 Å². The molecule has 0 heterocycles. The van der Waals surface area contributed by atoms with E-state index in [0.29, 0.717) is 17.1 Å². The number of aryl methyl sites for hydroxylation is 1. The van der Waals surface area contributed by atoms with Crippen molar-refractivity contribution in [1.29, 1.82) is 0 Å². The minimum atomic E-state index is -3.21. The Morgan fingerprint density at radius 2 is 1.70 bits per heavy atom. The Labute approximate surface area is 117 Å². The standard InChI is InChI=1S/C15H14O4S/c1-11-3-4-12(10-16)9-15(11)19-13-5-7-14(8-6-13)20(2,17)18/h3-10H,1-2H3. The van der Waals surface area contributed by atoms with Crippen LogP contribution in [0.4, 0.5) is 0 Å². The Bertz CT molecular complexity index is 731. The third-order valence-electron chi connectivity index (χ3n) is 2.83. The molecule has 20 heavy (non-hydrogen) atoms. The molecule has 0 aromatic heterocycles. The second-order valence-corrected chi connectivity index (χ2v) is 6.50. The average Bonchev–Trinajstić information content (AvgIpc) is 2.41. The fourth-order valence-electron chi connectivity index (χ4n) is 1.68. The minimum absolute atomic E-state index is 0.239. The van der Waals surface area contributed by atoms with E-state index >= 15 is 0 Å². The van der Waals surface area contributed by atoms with Crippen LogP contribution in [0.3, 0.4) is 0 Å². The monoisotopic (exact) mass is 290 g/mol. The molecule has 0 aliphatic carbocycles. The van der Waals surface area contributed by atoms with Crippen molar-refractivity contribution in [3.8, 4) is 11.5 Å². The highest BCUT2D eigenvalue weighted by molar-refractivity contribution is 7.90. The number of hydrogen-bond acceptors (Lipinski definition) is 4. The molecule has 0 aliphatic rings. The van der Waals surface area contributed by atoms with E-state index in [1.165, 1.54) is 12.1 Å². The molecule has 5 heteroatoms. The zero-order valence-corrected chi connectivity index (χ0v) is 12.0. The summed E-state index contributed by atoms with van der Waals surface area (Å²) in [5, 5.41) is 0. The molecule has 2 rings (SSSR count). The third kappa shape index (κ3) is 3.24. The largest absolute Gasteiger partial charge is 0.457 e. The lowest BCUT2D eigenvalue weighted by atomic mass is 10.1. The summed E-state index contributed by atoms with van der Waals surface area (Å²) >= 11 is 0. The van der Waals surface area contributed by atoms with Crippen LogP contribution >= 0.6 is 0 Å². The van der Waals surface area contributed by atoms with E-state index in [1.54, 1.807) is 30.3 Å². The summed E-state index contributed by atoms with van der Waals surface area (Å²) in [5.41, 5.74) is 1.42. The fourth-order valence-corrected chi connectivity index (χ4v) is 2.31. The van der Waals surface area contributed by atoms with Crippen LogP contribution in [0.2, 0.25) is 0 Å². The number of rotatable bonds is 4. The molecule has 2 aromatic carbocycles. The molecule has 0 bridgehead atoms. The molecule has 0 saturated carbocycles. The Morgan fingerprint density at radius 1 is 1.05 bits per heavy atom. The first kappa shape index (κ1) is 14.3. The molecule has 0 radical (unpaired) electrons. The van der Waals surface area contributed by atoms with Crippen LogP contribution in [-0.2, 0) is 9.84 Å². The lowest BCUT2D eigenvalue weighted by Crippen LogP contribution is -1.96. The molecule has 0 spiro atoms. The van der Waals surface area contributed by atoms with Crippen LogP contribution in [0.1, 0.15) is 15.9 Å². The van der Waals surface area contributed by atoms with Gasteiger partial charge in [0.1, 0.15) is 17.8 Å². The van der Waals surface area contributed by atoms with E-state index in [0.717, 1.165) is 18.1 Å². The fraction of sp³-hybridized carbons (Fsp3) is 0.133. The molecule has 104 valence electrons. The van der Waals surface area contributed by atoms with Crippen molar-refractivity contribution in [1.82, 2.24) is 0 Å². The predicted octanol–water partition coefficient (Wildman–Crippen LogP) is 3.00. The smallest absolute Gasteiger partial charge is 0.175 e. The van der Waals surface area contributed by atoms with Gasteiger partial charge in [-0.05, 0) is 42.8 Å². The zero-order chi connectivity index (χ0) is 14.8. The lowest BCUT2D eigenvalue weighted by Gasteiger charge is -2.09. The van der Waals surface area contributed by atoms with Crippen molar-refractivity contribution in [2.45, 2.75) is 11.8 Å². The van der Waals surface area contributed by atoms with Crippen molar-refractivity contribution in [3.05, 3.63) is 53.6 Å². The quantitative estimate of drug-likeness (QED) is 0.812. The number of aldehydes is 1. The Hall–Kier alpha value is -2.14. The van der Waals surface area contributed by atoms with Crippen molar-refractivity contribution in [2.75, 3.05) is 6.26 Å². The van der Waals surface area contributed by atoms with Gasteiger partial charge in [0.05, 0.1) is 4.90 Å². The molecule has 0 saturated heterocycles. The van der Waals surface area contributed by atoms with Gasteiger partial charge in [-0.1, -0.05) is 12.1 Å². The summed E-state index contributed by atoms with van der Waals surface area (Å²) in [4.78, 5) is 11.0. The molecule has 4 nitrogen and oxygen atoms in total. The molecule has 0 atom stereocenters. The normalized spacial score (nSPS) is 11.1. The first-order valence-corrected chi connectivity index (χ1v) is 7.83. The zero-order valence-electron chi connectivity index (χ0n) is 11.2. The first-order valence-electron chi connectivity index (χ1n) is 5.94. The van der Waals surface area contributed by atoms with Crippen LogP contribution in [-0.4, -0.2) is 21.0 Å². The van der Waals surface area contributed by atoms with Gasteiger partial charge in [-0.2, -0.15) is 0 Å². The molecule has 0 aliphatic heterocycles. The van der Waals surface area contributed by atoms with Gasteiger partial charge < -0.3 is 4.74 Å². The predicted molar refractivity (Wildman–Crippen MR) is 76.2 cm³/mol. The maximum atomic E-state index is 11.4. The first-order chi connectivity index (χ1) is 9.40. The topological polar surface area (TPSA) is 60.4 Å². The second-order valence-electron chi connectivity index (χ2n) is 4.49. The number of ether oxygens (including phenoxy) is 1. The van der Waals surface area contributed by atoms with E-state index in [9.17, 15) is 13.2 Å². The van der Waals surface area contributed by atoms with Gasteiger partial charge >= 0.3 is 0 Å². The molecule has 0 unspecified atom stereocenters. The summed E-state index contributed by atoms with van der Waals surface area (Å²) in [5.74, 6) is 1.09. The number of hydrogen-bond donors (Lipinski definition) is 0. The molecular weight excluding hydrogens is 276 g/mol. The van der Waals surface area contributed by atoms with E-state index < -0.39 is 9.84 Å². The number of carbonyl (C=O) groups excluding carboxylic acids is 1. The summed E-state index contributed by atoms with van der Waals surface area (Å²) in [7, 11) is -3.21. The van der Waals surface area contributed by atoms with Gasteiger partial charge in [-0.15, -0.1) is 0 Å². The Morgan fingerprint density at radius 3 is 2.25 bits per heavy atom. The Kier molecular flexibility index (Phi) is 3.90. The summed E-state index contributed by atoms with van der Waals surface area (Å²) in [6.45, 7) is 1.87. The highest BCUT2D eigenvalue weighted by atomic mass is 32.2. The van der Waals surface area contributed by atoms with Gasteiger partial charge in [0.15, 0.2) is 9.84 Å². The summed E-state index contributed by atoms with van der Waals surface area (Å²) in [6, 6.07) is 11.3. The molecule has 0 N–H and O–H groups in total. The van der Waals surface area contributed by atoms with Gasteiger partial charge in [-0.25, -0.2) is 8.42 Å². The van der Waals surface area contributed by atoms with Crippen molar-refractivity contribution in [3.63, 3.8) is 0 Å². The molecule has 2 aromatic rings. The maximum Gasteiger partial charge on any atom is 0.175 e. The van der Waals surface area contributed by atoms with Crippen LogP contribution in [0.5, 0.6) is 11.5 Å². The Balaban J connectivity index is 2.29. The number of sulfone groups is 1. The number of carbonyl (C=O) groups is 1. The highest BCUT2D eigenvalue weighted by Crippen LogP contribution is 2.26. The highest BCUT2D eigenvalue weighted by Gasteiger charge is 2.08. The van der Waals surface area contributed by atoms with Crippen molar-refractivity contribution < 1.29 is 17.9 Å². The van der Waals surface area contributed by atoms with Gasteiger partial charge in [0, 0.05) is 11.8 Å². The summed E-state index contributed by atoms with van der Waals surface area (Å²) < 4.78 is 28.4. The van der Waals surface area contributed by atoms with Crippen molar-refractivity contribution in [2.24, 2.45) is 0 Å². The van der Waals surface area contributed by atoms with Crippen LogP contribution < -0.4 is 4.74 Å². The molecular formula is C15H14O4S.